The Morgan fingerprint density at radius 2 is 1.81 bits per heavy atom. The maximum atomic E-state index is 13.6. The van der Waals surface area contributed by atoms with E-state index in [0.29, 0.717) is 11.6 Å². The van der Waals surface area contributed by atoms with Gasteiger partial charge in [0.15, 0.2) is 23.6 Å². The Kier molecular flexibility index (Phi) is 5.49. The predicted molar refractivity (Wildman–Crippen MR) is 84.3 cm³/mol. The molecule has 6 nitrogen and oxygen atoms in total. The van der Waals surface area contributed by atoms with Crippen LogP contribution in [-0.2, 0) is 9.53 Å². The van der Waals surface area contributed by atoms with Crippen LogP contribution < -0.4 is 10.9 Å². The van der Waals surface area contributed by atoms with Gasteiger partial charge >= 0.3 is 11.6 Å². The van der Waals surface area contributed by atoms with Crippen molar-refractivity contribution in [2.24, 2.45) is 0 Å². The fourth-order valence-electron chi connectivity index (χ4n) is 2.19. The van der Waals surface area contributed by atoms with E-state index in [1.165, 1.54) is 20.8 Å². The lowest BCUT2D eigenvalue weighted by atomic mass is 10.1. The van der Waals surface area contributed by atoms with Gasteiger partial charge in [-0.05, 0) is 38.5 Å². The monoisotopic (exact) mass is 369 g/mol. The number of carbonyl (C=O) groups is 2. The number of nitrogens with one attached hydrogen (secondary N) is 1. The zero-order valence-electron chi connectivity index (χ0n) is 14.0. The van der Waals surface area contributed by atoms with Crippen molar-refractivity contribution in [2.45, 2.75) is 26.9 Å². The summed E-state index contributed by atoms with van der Waals surface area (Å²) in [5.41, 5.74) is -0.975. The van der Waals surface area contributed by atoms with Crippen LogP contribution in [0.2, 0.25) is 0 Å². The highest BCUT2D eigenvalue weighted by Crippen LogP contribution is 2.20. The SMILES string of the molecule is Cc1cc(=O)oc(C)c1C(=O)O[C@@H](C)C(=O)Nc1ccc(F)c(F)c1F. The van der Waals surface area contributed by atoms with Gasteiger partial charge in [-0.1, -0.05) is 0 Å². The summed E-state index contributed by atoms with van der Waals surface area (Å²) in [7, 11) is 0. The first-order chi connectivity index (χ1) is 12.1. The Labute approximate surface area is 145 Å². The Balaban J connectivity index is 2.14. The summed E-state index contributed by atoms with van der Waals surface area (Å²) in [6.45, 7) is 4.07. The van der Waals surface area contributed by atoms with E-state index in [0.717, 1.165) is 12.1 Å². The average molecular weight is 369 g/mol. The molecule has 1 atom stereocenters. The summed E-state index contributed by atoms with van der Waals surface area (Å²) in [6.07, 6.45) is -1.39. The summed E-state index contributed by atoms with van der Waals surface area (Å²) < 4.78 is 49.4. The van der Waals surface area contributed by atoms with Crippen molar-refractivity contribution in [3.63, 3.8) is 0 Å². The lowest BCUT2D eigenvalue weighted by molar-refractivity contribution is -0.123. The Morgan fingerprint density at radius 3 is 2.42 bits per heavy atom. The molecule has 26 heavy (non-hydrogen) atoms. The topological polar surface area (TPSA) is 85.6 Å². The van der Waals surface area contributed by atoms with Gasteiger partial charge in [-0.2, -0.15) is 0 Å². The number of rotatable bonds is 4. The number of ether oxygens (including phenoxy) is 1. The second-order valence-corrected chi connectivity index (χ2v) is 5.44. The third-order valence-corrected chi connectivity index (χ3v) is 3.48. The van der Waals surface area contributed by atoms with E-state index in [4.69, 9.17) is 9.15 Å². The van der Waals surface area contributed by atoms with E-state index >= 15 is 0 Å². The normalized spacial score (nSPS) is 11.8. The van der Waals surface area contributed by atoms with Crippen molar-refractivity contribution in [2.75, 3.05) is 5.32 Å². The molecule has 0 unspecified atom stereocenters. The standard InChI is InChI=1S/C17H14F3NO5/c1-7-6-12(22)25-8(2)13(7)17(24)26-9(3)16(23)21-11-5-4-10(18)14(19)15(11)20/h4-6,9H,1-3H3,(H,21,23)/t9-/m0/s1. The number of halogens is 3. The minimum atomic E-state index is -1.74. The molecule has 1 N–H and O–H groups in total. The molecular formula is C17H14F3NO5. The van der Waals surface area contributed by atoms with Crippen LogP contribution in [-0.4, -0.2) is 18.0 Å². The van der Waals surface area contributed by atoms with Crippen LogP contribution >= 0.6 is 0 Å². The van der Waals surface area contributed by atoms with Crippen LogP contribution in [0.3, 0.4) is 0 Å². The van der Waals surface area contributed by atoms with Crippen LogP contribution in [0, 0.1) is 31.3 Å². The number of hydrogen-bond donors (Lipinski definition) is 1. The number of benzene rings is 1. The van der Waals surface area contributed by atoms with Gasteiger partial charge in [0.1, 0.15) is 11.3 Å². The molecule has 0 aliphatic heterocycles. The molecule has 0 aliphatic carbocycles. The molecule has 0 aliphatic rings. The number of anilines is 1. The van der Waals surface area contributed by atoms with Crippen molar-refractivity contribution in [1.82, 2.24) is 0 Å². The molecular weight excluding hydrogens is 355 g/mol. The van der Waals surface area contributed by atoms with Crippen LogP contribution in [0.5, 0.6) is 0 Å². The average Bonchev–Trinajstić information content (AvgIpc) is 2.54. The molecule has 1 aromatic heterocycles. The molecule has 0 bridgehead atoms. The third-order valence-electron chi connectivity index (χ3n) is 3.48. The molecule has 1 heterocycles. The highest BCUT2D eigenvalue weighted by atomic mass is 19.2. The molecule has 2 rings (SSSR count). The Hall–Kier alpha value is -3.10. The zero-order chi connectivity index (χ0) is 19.6. The van der Waals surface area contributed by atoms with E-state index in [2.05, 4.69) is 0 Å². The second kappa shape index (κ2) is 7.42. The fourth-order valence-corrected chi connectivity index (χ4v) is 2.19. The largest absolute Gasteiger partial charge is 0.449 e. The van der Waals surface area contributed by atoms with E-state index in [-0.39, 0.29) is 11.3 Å². The smallest absolute Gasteiger partial charge is 0.342 e. The number of esters is 1. The number of amides is 1. The predicted octanol–water partition coefficient (Wildman–Crippen LogP) is 2.86. The highest BCUT2D eigenvalue weighted by molar-refractivity contribution is 5.98. The second-order valence-electron chi connectivity index (χ2n) is 5.44. The van der Waals surface area contributed by atoms with Crippen LogP contribution in [0.1, 0.15) is 28.6 Å². The molecule has 0 fully saturated rings. The van der Waals surface area contributed by atoms with E-state index in [1.807, 2.05) is 5.32 Å². The molecule has 0 radical (unpaired) electrons. The highest BCUT2D eigenvalue weighted by Gasteiger charge is 2.24. The minimum absolute atomic E-state index is 0.0132. The molecule has 9 heteroatoms. The van der Waals surface area contributed by atoms with Gasteiger partial charge in [-0.25, -0.2) is 22.8 Å². The Bertz CT molecular complexity index is 912. The summed E-state index contributed by atoms with van der Waals surface area (Å²) >= 11 is 0. The molecule has 2 aromatic rings. The van der Waals surface area contributed by atoms with Gasteiger partial charge in [0.05, 0.1) is 5.69 Å². The summed E-state index contributed by atoms with van der Waals surface area (Å²) in [5.74, 6) is -6.60. The fraction of sp³-hybridized carbons (Fsp3) is 0.235. The van der Waals surface area contributed by atoms with E-state index in [1.54, 1.807) is 0 Å². The molecule has 0 saturated carbocycles. The maximum Gasteiger partial charge on any atom is 0.342 e. The van der Waals surface area contributed by atoms with Crippen molar-refractivity contribution in [1.29, 1.82) is 0 Å². The lowest BCUT2D eigenvalue weighted by Crippen LogP contribution is -2.31. The molecule has 0 spiro atoms. The number of carbonyl (C=O) groups excluding carboxylic acids is 2. The van der Waals surface area contributed by atoms with Crippen LogP contribution in [0.15, 0.2) is 27.4 Å². The van der Waals surface area contributed by atoms with Crippen molar-refractivity contribution < 1.29 is 31.9 Å². The summed E-state index contributed by atoms with van der Waals surface area (Å²) in [4.78, 5) is 35.4. The molecule has 1 aromatic carbocycles. The first-order valence-corrected chi connectivity index (χ1v) is 7.38. The van der Waals surface area contributed by atoms with Crippen LogP contribution in [0.25, 0.3) is 0 Å². The lowest BCUT2D eigenvalue weighted by Gasteiger charge is -2.15. The van der Waals surface area contributed by atoms with Crippen LogP contribution in [0.4, 0.5) is 18.9 Å². The van der Waals surface area contributed by atoms with Crippen molar-refractivity contribution >= 4 is 17.6 Å². The van der Waals surface area contributed by atoms with E-state index in [9.17, 15) is 27.6 Å². The first kappa shape index (κ1) is 19.2. The van der Waals surface area contributed by atoms with Crippen molar-refractivity contribution in [3.05, 3.63) is 63.0 Å². The van der Waals surface area contributed by atoms with Crippen molar-refractivity contribution in [3.8, 4) is 0 Å². The minimum Gasteiger partial charge on any atom is -0.449 e. The number of aryl methyl sites for hydroxylation is 2. The van der Waals surface area contributed by atoms with Gasteiger partial charge < -0.3 is 14.5 Å². The Morgan fingerprint density at radius 1 is 1.15 bits per heavy atom. The van der Waals surface area contributed by atoms with Gasteiger partial charge in [0.2, 0.25) is 0 Å². The van der Waals surface area contributed by atoms with E-state index < -0.39 is 46.7 Å². The molecule has 0 saturated heterocycles. The summed E-state index contributed by atoms with van der Waals surface area (Å²) in [5, 5.41) is 2.00. The maximum absolute atomic E-state index is 13.6. The first-order valence-electron chi connectivity index (χ1n) is 7.38. The third kappa shape index (κ3) is 3.93. The van der Waals surface area contributed by atoms with Gasteiger partial charge in [-0.3, -0.25) is 4.79 Å². The molecule has 1 amide bonds. The quantitative estimate of drug-likeness (QED) is 0.662. The van der Waals surface area contributed by atoms with Gasteiger partial charge in [0.25, 0.3) is 5.91 Å². The number of hydrogen-bond acceptors (Lipinski definition) is 5. The van der Waals surface area contributed by atoms with Gasteiger partial charge in [0, 0.05) is 6.07 Å². The molecule has 138 valence electrons. The van der Waals surface area contributed by atoms with Gasteiger partial charge in [-0.15, -0.1) is 0 Å². The zero-order valence-corrected chi connectivity index (χ0v) is 14.0. The summed E-state index contributed by atoms with van der Waals surface area (Å²) in [6, 6.07) is 2.56.